The van der Waals surface area contributed by atoms with Crippen LogP contribution in [0.5, 0.6) is 0 Å². The Morgan fingerprint density at radius 1 is 0.580 bits per heavy atom. The van der Waals surface area contributed by atoms with Crippen molar-refractivity contribution in [1.82, 2.24) is 36.0 Å². The number of anilines is 2. The fraction of sp³-hybridized carbons (Fsp3) is 0.758. The molecule has 2 aromatic rings. The van der Waals surface area contributed by atoms with Crippen LogP contribution < -0.4 is 31.9 Å². The number of nitrogens with one attached hydrogen (secondary N) is 6. The van der Waals surface area contributed by atoms with E-state index in [9.17, 15) is 38.7 Å². The molecule has 19 heteroatoms. The molecular formula is C62H109N9O10. The molecule has 0 bridgehead atoms. The van der Waals surface area contributed by atoms with Gasteiger partial charge in [0, 0.05) is 83.3 Å². The molecule has 19 nitrogen and oxygen atoms in total. The lowest BCUT2D eigenvalue weighted by molar-refractivity contribution is -0.152. The highest BCUT2D eigenvalue weighted by molar-refractivity contribution is 5.94. The highest BCUT2D eigenvalue weighted by Crippen LogP contribution is 2.33. The molecule has 6 amide bonds. The van der Waals surface area contributed by atoms with Gasteiger partial charge in [-0.1, -0.05) is 163 Å². The molecule has 4 aliphatic rings. The minimum Gasteiger partial charge on any atom is -0.467 e. The number of amides is 6. The predicted octanol–water partition coefficient (Wildman–Crippen LogP) is 9.98. The number of carbonyl (C=O) groups is 7. The average Bonchev–Trinajstić information content (AvgIpc) is 4.22. The van der Waals surface area contributed by atoms with Gasteiger partial charge in [0.2, 0.25) is 35.4 Å². The second-order valence-corrected chi connectivity index (χ2v) is 28.2. The van der Waals surface area contributed by atoms with Gasteiger partial charge in [-0.25, -0.2) is 4.79 Å². The van der Waals surface area contributed by atoms with Crippen LogP contribution in [-0.4, -0.2) is 111 Å². The monoisotopic (exact) mass is 1140 g/mol. The molecule has 4 fully saturated rings. The molecule has 6 rings (SSSR count). The zero-order valence-corrected chi connectivity index (χ0v) is 53.6. The summed E-state index contributed by atoms with van der Waals surface area (Å²) in [5.74, 6) is 0.527. The second kappa shape index (κ2) is 32.4. The zero-order valence-electron chi connectivity index (χ0n) is 53.6. The van der Waals surface area contributed by atoms with E-state index >= 15 is 0 Å². The standard InChI is InChI=1S/C12H21NO3.C11H21NO2.C10H14N2O.C10H19NO2.C10H19NO.C9H15N3O/c1-11(2,3)9(14)13-12(10(15)16-4)7-5-6-8-12;1-10(2,3)9(14)12-11(8-13)6-4-5-7-11;1-10(2,3)9(13)12-8-5-4-6-11-7-8;1-10(2,3)9(12)11-8-4-6-13-7-5-8;1-10(2,3)9(12)11-8-6-4-5-7-8;1-9(2,3)8(13)10-7-5-6-12(4)11-7/h5-8H2,1-4H3,(H,13,14);13H,4-8H2,1-3H3,(H,12,14);4-7H,1-3H3,(H,12,13);8H,4-7H2,1-3H3,(H,11,12);8H,4-7H2,1-3H3,(H,11,12);5-6H,1-4H3,(H,10,11,13). The molecule has 7 N–H and O–H groups in total. The van der Waals surface area contributed by atoms with Crippen molar-refractivity contribution in [2.24, 2.45) is 39.5 Å². The molecular weight excluding hydrogens is 1030 g/mol. The first kappa shape index (κ1) is 73.6. The summed E-state index contributed by atoms with van der Waals surface area (Å²) in [6.07, 6.45) is 19.2. The Morgan fingerprint density at radius 3 is 1.38 bits per heavy atom. The summed E-state index contributed by atoms with van der Waals surface area (Å²) >= 11 is 0. The van der Waals surface area contributed by atoms with E-state index in [1.807, 2.05) is 138 Å². The van der Waals surface area contributed by atoms with Gasteiger partial charge in [0.15, 0.2) is 5.82 Å². The van der Waals surface area contributed by atoms with E-state index in [4.69, 9.17) is 9.47 Å². The molecule has 0 atom stereocenters. The fourth-order valence-corrected chi connectivity index (χ4v) is 8.02. The summed E-state index contributed by atoms with van der Waals surface area (Å²) < 4.78 is 11.7. The van der Waals surface area contributed by atoms with Crippen LogP contribution in [0.2, 0.25) is 0 Å². The number of aromatic nitrogens is 3. The van der Waals surface area contributed by atoms with Gasteiger partial charge in [0.25, 0.3) is 0 Å². The Hall–Kier alpha value is -5.43. The van der Waals surface area contributed by atoms with E-state index in [2.05, 4.69) is 42.0 Å². The smallest absolute Gasteiger partial charge is 0.331 e. The average molecular weight is 1140 g/mol. The van der Waals surface area contributed by atoms with E-state index in [0.29, 0.717) is 30.7 Å². The normalized spacial score (nSPS) is 17.1. The number of carbonyl (C=O) groups excluding carboxylic acids is 7. The first-order valence-corrected chi connectivity index (χ1v) is 29.2. The number of rotatable bonds is 8. The van der Waals surface area contributed by atoms with Gasteiger partial charge >= 0.3 is 5.97 Å². The molecule has 0 radical (unpaired) electrons. The maximum absolute atomic E-state index is 11.9. The minimum absolute atomic E-state index is 0.000463. The van der Waals surface area contributed by atoms with Gasteiger partial charge in [-0.15, -0.1) is 0 Å². The third-order valence-electron chi connectivity index (χ3n) is 13.8. The molecule has 0 aromatic carbocycles. The maximum Gasteiger partial charge on any atom is 0.331 e. The number of esters is 1. The quantitative estimate of drug-likeness (QED) is 0.122. The van der Waals surface area contributed by atoms with Crippen molar-refractivity contribution >= 4 is 52.9 Å². The number of aliphatic hydroxyl groups excluding tert-OH is 1. The van der Waals surface area contributed by atoms with Crippen molar-refractivity contribution < 1.29 is 48.1 Å². The predicted molar refractivity (Wildman–Crippen MR) is 322 cm³/mol. The number of ether oxygens (including phenoxy) is 2. The van der Waals surface area contributed by atoms with Gasteiger partial charge in [-0.2, -0.15) is 5.10 Å². The molecule has 1 saturated heterocycles. The van der Waals surface area contributed by atoms with Crippen LogP contribution in [0, 0.1) is 32.5 Å². The van der Waals surface area contributed by atoms with Gasteiger partial charge in [-0.3, -0.25) is 38.4 Å². The Morgan fingerprint density at radius 2 is 1.00 bits per heavy atom. The van der Waals surface area contributed by atoms with Crippen LogP contribution in [0.4, 0.5) is 11.5 Å². The van der Waals surface area contributed by atoms with Crippen molar-refractivity contribution in [1.29, 1.82) is 0 Å². The molecule has 3 saturated carbocycles. The summed E-state index contributed by atoms with van der Waals surface area (Å²) in [6.45, 7) is 35.7. The number of aryl methyl sites for hydroxylation is 1. The van der Waals surface area contributed by atoms with E-state index < -0.39 is 11.0 Å². The Kier molecular flexibility index (Phi) is 29.5. The summed E-state index contributed by atoms with van der Waals surface area (Å²) in [6, 6.07) is 6.15. The first-order valence-electron chi connectivity index (χ1n) is 29.2. The topological polar surface area (TPSA) is 261 Å². The lowest BCUT2D eigenvalue weighted by Crippen LogP contribution is -2.55. The lowest BCUT2D eigenvalue weighted by atomic mass is 9.91. The number of hydrogen-bond donors (Lipinski definition) is 7. The van der Waals surface area contributed by atoms with E-state index in [1.165, 1.54) is 32.8 Å². The van der Waals surface area contributed by atoms with Crippen LogP contribution in [0.25, 0.3) is 0 Å². The molecule has 2 aromatic heterocycles. The molecule has 81 heavy (non-hydrogen) atoms. The Labute approximate surface area is 486 Å². The zero-order chi connectivity index (χ0) is 62.3. The molecule has 462 valence electrons. The summed E-state index contributed by atoms with van der Waals surface area (Å²) in [7, 11) is 3.18. The van der Waals surface area contributed by atoms with Crippen molar-refractivity contribution in [3.63, 3.8) is 0 Å². The van der Waals surface area contributed by atoms with Crippen LogP contribution >= 0.6 is 0 Å². The van der Waals surface area contributed by atoms with Crippen LogP contribution in [-0.2, 0) is 50.1 Å². The molecule has 3 heterocycles. The third kappa shape index (κ3) is 28.4. The number of pyridine rings is 1. The largest absolute Gasteiger partial charge is 0.467 e. The first-order chi connectivity index (χ1) is 37.1. The van der Waals surface area contributed by atoms with Gasteiger partial charge in [-0.05, 0) is 63.5 Å². The van der Waals surface area contributed by atoms with Crippen molar-refractivity contribution in [2.75, 3.05) is 37.6 Å². The number of hydrogen-bond acceptors (Lipinski definition) is 12. The van der Waals surface area contributed by atoms with Crippen LogP contribution in [0.3, 0.4) is 0 Å². The Bertz CT molecular complexity index is 2250. The van der Waals surface area contributed by atoms with Gasteiger partial charge < -0.3 is 46.5 Å². The molecule has 0 spiro atoms. The lowest BCUT2D eigenvalue weighted by Gasteiger charge is -2.31. The van der Waals surface area contributed by atoms with Crippen LogP contribution in [0.1, 0.15) is 215 Å². The summed E-state index contributed by atoms with van der Waals surface area (Å²) in [5, 5.41) is 30.9. The SMILES string of the molecule is CC(C)(C)C(=O)NC1(CO)CCCC1.CC(C)(C)C(=O)NC1CCCC1.CC(C)(C)C(=O)NC1CCOCC1.CC(C)(C)C(=O)Nc1cccnc1.COC(=O)C1(NC(=O)C(C)(C)C)CCCC1.Cn1ccc(NC(=O)C(C)(C)C)n1. The second-order valence-electron chi connectivity index (χ2n) is 28.2. The molecule has 0 unspecified atom stereocenters. The van der Waals surface area contributed by atoms with E-state index in [-0.39, 0.29) is 80.6 Å². The highest BCUT2D eigenvalue weighted by atomic mass is 16.5. The van der Waals surface area contributed by atoms with E-state index in [0.717, 1.165) is 70.3 Å². The number of nitrogens with zero attached hydrogens (tertiary/aromatic N) is 3. The molecule has 3 aliphatic carbocycles. The molecule has 1 aliphatic heterocycles. The third-order valence-corrected chi connectivity index (χ3v) is 13.8. The number of methoxy groups -OCH3 is 1. The summed E-state index contributed by atoms with van der Waals surface area (Å²) in [5.41, 5.74) is -2.48. The van der Waals surface area contributed by atoms with Crippen molar-refractivity contribution in [3.05, 3.63) is 36.8 Å². The van der Waals surface area contributed by atoms with Gasteiger partial charge in [0.1, 0.15) is 5.54 Å². The number of aliphatic hydroxyl groups is 1. The highest BCUT2D eigenvalue weighted by Gasteiger charge is 2.45. The van der Waals surface area contributed by atoms with E-state index in [1.54, 1.807) is 35.4 Å². The maximum atomic E-state index is 11.9. The Balaban J connectivity index is 0.000000487. The van der Waals surface area contributed by atoms with Crippen molar-refractivity contribution in [2.45, 2.75) is 238 Å². The fourth-order valence-electron chi connectivity index (χ4n) is 8.02. The van der Waals surface area contributed by atoms with Crippen molar-refractivity contribution in [3.8, 4) is 0 Å². The minimum atomic E-state index is -0.779. The van der Waals surface area contributed by atoms with Crippen LogP contribution in [0.15, 0.2) is 36.8 Å². The summed E-state index contributed by atoms with van der Waals surface area (Å²) in [4.78, 5) is 85.4. The van der Waals surface area contributed by atoms with Gasteiger partial charge in [0.05, 0.1) is 31.1 Å².